The molecule has 1 aromatic carbocycles. The number of aromatic amines is 2. The molecule has 4 N–H and O–H groups in total. The maximum Gasteiger partial charge on any atom is 0.223 e. The molecule has 20 heavy (non-hydrogen) atoms. The van der Waals surface area contributed by atoms with Crippen molar-refractivity contribution in [2.45, 2.75) is 10.2 Å². The van der Waals surface area contributed by atoms with Crippen LogP contribution in [0.5, 0.6) is 0 Å². The summed E-state index contributed by atoms with van der Waals surface area (Å²) < 4.78 is 0. The summed E-state index contributed by atoms with van der Waals surface area (Å²) in [6.07, 6.45) is 1.68. The number of aromatic nitrogens is 6. The molecule has 0 fully saturated rings. The molecule has 98 valence electrons. The molecule has 0 aliphatic rings. The van der Waals surface area contributed by atoms with E-state index in [2.05, 4.69) is 30.1 Å². The Morgan fingerprint density at radius 1 is 1.10 bits per heavy atom. The quantitative estimate of drug-likeness (QED) is 0.485. The first kappa shape index (κ1) is 11.2. The highest BCUT2D eigenvalue weighted by atomic mass is 32.2. The molecule has 0 radical (unpaired) electrons. The Labute approximate surface area is 117 Å². The van der Waals surface area contributed by atoms with E-state index in [4.69, 9.17) is 5.73 Å². The van der Waals surface area contributed by atoms with Crippen LogP contribution in [0.15, 0.2) is 40.6 Å². The smallest absolute Gasteiger partial charge is 0.223 e. The van der Waals surface area contributed by atoms with Gasteiger partial charge in [-0.15, -0.1) is 0 Å². The number of fused-ring (bicyclic) bond motifs is 2. The second-order valence-corrected chi connectivity index (χ2v) is 5.16. The lowest BCUT2D eigenvalue weighted by molar-refractivity contribution is 1.05. The number of hydrogen-bond acceptors (Lipinski definition) is 6. The predicted octanol–water partition coefficient (Wildman–Crippen LogP) is 1.96. The molecule has 4 aromatic rings. The largest absolute Gasteiger partial charge is 0.368 e. The van der Waals surface area contributed by atoms with Crippen molar-refractivity contribution >= 4 is 39.8 Å². The van der Waals surface area contributed by atoms with Crippen LogP contribution in [-0.2, 0) is 0 Å². The van der Waals surface area contributed by atoms with Gasteiger partial charge in [0.15, 0.2) is 10.8 Å². The van der Waals surface area contributed by atoms with Crippen LogP contribution >= 0.6 is 11.8 Å². The predicted molar refractivity (Wildman–Crippen MR) is 76.3 cm³/mol. The molecule has 3 heterocycles. The van der Waals surface area contributed by atoms with E-state index in [1.807, 2.05) is 24.3 Å². The topological polar surface area (TPSA) is 109 Å². The standard InChI is InChI=1S/C12H9N7S/c13-11-17-9-6(5-14-19-9)10(18-11)20-12-15-7-3-1-2-4-8(7)16-12/h1-5H,(H,15,16)(H3,13,14,17,18,19). The number of anilines is 1. The van der Waals surface area contributed by atoms with Crippen molar-refractivity contribution in [3.05, 3.63) is 30.5 Å². The SMILES string of the molecule is Nc1nc(Sc2nc3ccccc3[nH]2)c2cn[nH]c2n1. The summed E-state index contributed by atoms with van der Waals surface area (Å²) in [7, 11) is 0. The van der Waals surface area contributed by atoms with Gasteiger partial charge in [-0.25, -0.2) is 9.97 Å². The highest BCUT2D eigenvalue weighted by molar-refractivity contribution is 7.99. The van der Waals surface area contributed by atoms with Crippen LogP contribution in [0.2, 0.25) is 0 Å². The number of para-hydroxylation sites is 2. The summed E-state index contributed by atoms with van der Waals surface area (Å²) in [6, 6.07) is 7.85. The van der Waals surface area contributed by atoms with E-state index in [0.29, 0.717) is 5.65 Å². The Morgan fingerprint density at radius 2 is 2.00 bits per heavy atom. The van der Waals surface area contributed by atoms with Crippen molar-refractivity contribution in [1.82, 2.24) is 30.1 Å². The van der Waals surface area contributed by atoms with Crippen LogP contribution in [0.25, 0.3) is 22.1 Å². The number of nitrogens with two attached hydrogens (primary N) is 1. The zero-order valence-electron chi connectivity index (χ0n) is 10.2. The number of imidazole rings is 1. The van der Waals surface area contributed by atoms with Crippen LogP contribution in [0.3, 0.4) is 0 Å². The molecule has 0 bridgehead atoms. The van der Waals surface area contributed by atoms with Gasteiger partial charge in [-0.1, -0.05) is 12.1 Å². The van der Waals surface area contributed by atoms with E-state index in [1.165, 1.54) is 11.8 Å². The van der Waals surface area contributed by atoms with Crippen molar-refractivity contribution in [3.8, 4) is 0 Å². The van der Waals surface area contributed by atoms with Crippen molar-refractivity contribution in [2.75, 3.05) is 5.73 Å². The molecule has 7 nitrogen and oxygen atoms in total. The molecule has 3 aromatic heterocycles. The first-order valence-electron chi connectivity index (χ1n) is 5.89. The van der Waals surface area contributed by atoms with E-state index in [9.17, 15) is 0 Å². The van der Waals surface area contributed by atoms with Crippen molar-refractivity contribution < 1.29 is 0 Å². The van der Waals surface area contributed by atoms with Gasteiger partial charge < -0.3 is 10.7 Å². The van der Waals surface area contributed by atoms with E-state index >= 15 is 0 Å². The maximum absolute atomic E-state index is 5.70. The van der Waals surface area contributed by atoms with Crippen LogP contribution in [0.1, 0.15) is 0 Å². The minimum Gasteiger partial charge on any atom is -0.368 e. The molecule has 0 amide bonds. The van der Waals surface area contributed by atoms with Crippen LogP contribution in [0, 0.1) is 0 Å². The molecule has 4 rings (SSSR count). The monoisotopic (exact) mass is 283 g/mol. The van der Waals surface area contributed by atoms with Gasteiger partial charge in [0.25, 0.3) is 0 Å². The molecule has 0 saturated carbocycles. The average molecular weight is 283 g/mol. The first-order chi connectivity index (χ1) is 9.79. The molecule has 0 atom stereocenters. The summed E-state index contributed by atoms with van der Waals surface area (Å²) in [6.45, 7) is 0. The second kappa shape index (κ2) is 4.20. The number of nitrogens with one attached hydrogen (secondary N) is 2. The van der Waals surface area contributed by atoms with Crippen LogP contribution < -0.4 is 5.73 Å². The highest BCUT2D eigenvalue weighted by Crippen LogP contribution is 2.30. The van der Waals surface area contributed by atoms with Gasteiger partial charge in [0.1, 0.15) is 5.03 Å². The summed E-state index contributed by atoms with van der Waals surface area (Å²) in [5, 5.41) is 9.05. The molecule has 0 aliphatic carbocycles. The maximum atomic E-state index is 5.70. The summed E-state index contributed by atoms with van der Waals surface area (Å²) in [5.41, 5.74) is 8.22. The van der Waals surface area contributed by atoms with E-state index in [-0.39, 0.29) is 5.95 Å². The van der Waals surface area contributed by atoms with Crippen molar-refractivity contribution in [3.63, 3.8) is 0 Å². The van der Waals surface area contributed by atoms with Gasteiger partial charge in [-0.2, -0.15) is 10.1 Å². The molecular formula is C12H9N7S. The number of rotatable bonds is 2. The Morgan fingerprint density at radius 3 is 2.90 bits per heavy atom. The normalized spacial score (nSPS) is 11.4. The number of benzene rings is 1. The summed E-state index contributed by atoms with van der Waals surface area (Å²) in [4.78, 5) is 16.1. The lowest BCUT2D eigenvalue weighted by atomic mass is 10.3. The minimum absolute atomic E-state index is 0.209. The minimum atomic E-state index is 0.209. The van der Waals surface area contributed by atoms with Gasteiger partial charge in [0, 0.05) is 0 Å². The van der Waals surface area contributed by atoms with Gasteiger partial charge >= 0.3 is 0 Å². The third kappa shape index (κ3) is 1.77. The molecule has 0 aliphatic heterocycles. The summed E-state index contributed by atoms with van der Waals surface area (Å²) >= 11 is 1.40. The second-order valence-electron chi connectivity index (χ2n) is 4.18. The number of nitrogens with zero attached hydrogens (tertiary/aromatic N) is 4. The Hall–Kier alpha value is -2.61. The fourth-order valence-corrected chi connectivity index (χ4v) is 2.86. The van der Waals surface area contributed by atoms with Crippen molar-refractivity contribution in [2.24, 2.45) is 0 Å². The van der Waals surface area contributed by atoms with Gasteiger partial charge in [0.2, 0.25) is 5.95 Å². The number of nitrogen functional groups attached to an aromatic ring is 1. The van der Waals surface area contributed by atoms with Gasteiger partial charge in [-0.3, -0.25) is 5.10 Å². The lowest BCUT2D eigenvalue weighted by Gasteiger charge is -1.99. The third-order valence-corrected chi connectivity index (χ3v) is 3.74. The Bertz CT molecular complexity index is 877. The Kier molecular flexibility index (Phi) is 2.36. The highest BCUT2D eigenvalue weighted by Gasteiger charge is 2.12. The fourth-order valence-electron chi connectivity index (χ4n) is 1.97. The van der Waals surface area contributed by atoms with E-state index in [0.717, 1.165) is 26.6 Å². The molecule has 8 heteroatoms. The van der Waals surface area contributed by atoms with Gasteiger partial charge in [0.05, 0.1) is 22.6 Å². The molecule has 0 spiro atoms. The summed E-state index contributed by atoms with van der Waals surface area (Å²) in [5.74, 6) is 0.209. The third-order valence-electron chi connectivity index (χ3n) is 2.85. The van der Waals surface area contributed by atoms with Crippen LogP contribution in [-0.4, -0.2) is 30.1 Å². The van der Waals surface area contributed by atoms with Crippen LogP contribution in [0.4, 0.5) is 5.95 Å². The Balaban J connectivity index is 1.81. The number of hydrogen-bond donors (Lipinski definition) is 3. The number of H-pyrrole nitrogens is 2. The molecular weight excluding hydrogens is 274 g/mol. The van der Waals surface area contributed by atoms with Gasteiger partial charge in [-0.05, 0) is 23.9 Å². The lowest BCUT2D eigenvalue weighted by Crippen LogP contribution is -1.96. The van der Waals surface area contributed by atoms with Crippen molar-refractivity contribution in [1.29, 1.82) is 0 Å². The first-order valence-corrected chi connectivity index (χ1v) is 6.70. The zero-order valence-corrected chi connectivity index (χ0v) is 11.0. The average Bonchev–Trinajstić information content (AvgIpc) is 3.03. The van der Waals surface area contributed by atoms with E-state index in [1.54, 1.807) is 6.20 Å². The van der Waals surface area contributed by atoms with E-state index < -0.39 is 0 Å². The zero-order chi connectivity index (χ0) is 13.5. The molecule has 0 unspecified atom stereocenters. The molecule has 0 saturated heterocycles. The fraction of sp³-hybridized carbons (Fsp3) is 0.